The van der Waals surface area contributed by atoms with Gasteiger partial charge in [0.25, 0.3) is 0 Å². The summed E-state index contributed by atoms with van der Waals surface area (Å²) in [7, 11) is 0. The van der Waals surface area contributed by atoms with Crippen LogP contribution in [0, 0.1) is 0 Å². The number of rotatable bonds is 7. The van der Waals surface area contributed by atoms with Gasteiger partial charge >= 0.3 is 0 Å². The molecule has 0 bridgehead atoms. The summed E-state index contributed by atoms with van der Waals surface area (Å²) in [4.78, 5) is 0. The van der Waals surface area contributed by atoms with Crippen LogP contribution in [0.15, 0.2) is 36.5 Å². The predicted octanol–water partition coefficient (Wildman–Crippen LogP) is 4.65. The van der Waals surface area contributed by atoms with Gasteiger partial charge in [-0.3, -0.25) is 0 Å². The highest BCUT2D eigenvalue weighted by Gasteiger charge is 1.76. The lowest BCUT2D eigenvalue weighted by Crippen LogP contribution is -1.66. The Morgan fingerprint density at radius 3 is 2.00 bits per heavy atom. The molecule has 0 spiro atoms. The van der Waals surface area contributed by atoms with Crippen molar-refractivity contribution < 1.29 is 0 Å². The minimum Gasteiger partial charge on any atom is -0.0914 e. The van der Waals surface area contributed by atoms with E-state index in [1.165, 1.54) is 25.7 Å². The lowest BCUT2D eigenvalue weighted by Gasteiger charge is -1.87. The fourth-order valence-electron chi connectivity index (χ4n) is 1.02. The first-order chi connectivity index (χ1) is 6.41. The van der Waals surface area contributed by atoms with Crippen molar-refractivity contribution in [2.45, 2.75) is 46.0 Å². The second-order valence-corrected chi connectivity index (χ2v) is 3.11. The van der Waals surface area contributed by atoms with Crippen molar-refractivity contribution >= 4 is 0 Å². The van der Waals surface area contributed by atoms with Crippen LogP contribution in [0.4, 0.5) is 0 Å². The topological polar surface area (TPSA) is 0 Å². The molecule has 0 heterocycles. The van der Waals surface area contributed by atoms with Gasteiger partial charge in [-0.25, -0.2) is 0 Å². The molecule has 13 heavy (non-hydrogen) atoms. The molecule has 0 aliphatic carbocycles. The molecule has 0 saturated carbocycles. The second-order valence-electron chi connectivity index (χ2n) is 3.11. The van der Waals surface area contributed by atoms with Crippen molar-refractivity contribution in [3.63, 3.8) is 0 Å². The van der Waals surface area contributed by atoms with Crippen LogP contribution in [-0.4, -0.2) is 0 Å². The van der Waals surface area contributed by atoms with Crippen LogP contribution < -0.4 is 0 Å². The SMILES string of the molecule is CC=CCC=CCCC=CCCC. The maximum absolute atomic E-state index is 2.28. The van der Waals surface area contributed by atoms with Crippen LogP contribution >= 0.6 is 0 Å². The number of hydrogen-bond acceptors (Lipinski definition) is 0. The molecule has 0 radical (unpaired) electrons. The molecule has 0 atom stereocenters. The highest BCUT2D eigenvalue weighted by Crippen LogP contribution is 1.97. The van der Waals surface area contributed by atoms with Crippen molar-refractivity contribution in [3.8, 4) is 0 Å². The average molecular weight is 178 g/mol. The van der Waals surface area contributed by atoms with E-state index < -0.39 is 0 Å². The third-order valence-electron chi connectivity index (χ3n) is 1.80. The van der Waals surface area contributed by atoms with Gasteiger partial charge in [-0.1, -0.05) is 49.8 Å². The van der Waals surface area contributed by atoms with E-state index in [1.54, 1.807) is 0 Å². The van der Waals surface area contributed by atoms with E-state index in [-0.39, 0.29) is 0 Å². The van der Waals surface area contributed by atoms with E-state index in [0.717, 1.165) is 6.42 Å². The number of hydrogen-bond donors (Lipinski definition) is 0. The van der Waals surface area contributed by atoms with E-state index >= 15 is 0 Å². The summed E-state index contributed by atoms with van der Waals surface area (Å²) in [5, 5.41) is 0. The summed E-state index contributed by atoms with van der Waals surface area (Å²) in [6, 6.07) is 0. The van der Waals surface area contributed by atoms with Crippen LogP contribution in [0.3, 0.4) is 0 Å². The molecule has 0 amide bonds. The van der Waals surface area contributed by atoms with Gasteiger partial charge in [0.2, 0.25) is 0 Å². The second kappa shape index (κ2) is 11.2. The van der Waals surface area contributed by atoms with Crippen LogP contribution in [0.5, 0.6) is 0 Å². The Morgan fingerprint density at radius 1 is 0.769 bits per heavy atom. The summed E-state index contributed by atoms with van der Waals surface area (Å²) >= 11 is 0. The Kier molecular flexibility index (Phi) is 10.5. The van der Waals surface area contributed by atoms with Gasteiger partial charge in [0, 0.05) is 0 Å². The number of allylic oxidation sites excluding steroid dienone is 6. The van der Waals surface area contributed by atoms with Gasteiger partial charge in [0.15, 0.2) is 0 Å². The molecule has 0 aliphatic heterocycles. The first-order valence-electron chi connectivity index (χ1n) is 5.33. The van der Waals surface area contributed by atoms with Gasteiger partial charge < -0.3 is 0 Å². The molecule has 0 saturated heterocycles. The highest BCUT2D eigenvalue weighted by atomic mass is 13.8. The quantitative estimate of drug-likeness (QED) is 0.393. The predicted molar refractivity (Wildman–Crippen MR) is 61.9 cm³/mol. The minimum atomic E-state index is 1.08. The molecule has 0 aromatic rings. The average Bonchev–Trinajstić information content (AvgIpc) is 2.16. The largest absolute Gasteiger partial charge is 0.0914 e. The molecule has 0 aliphatic rings. The highest BCUT2D eigenvalue weighted by molar-refractivity contribution is 4.93. The molecule has 0 fully saturated rings. The molecule has 74 valence electrons. The van der Waals surface area contributed by atoms with Crippen molar-refractivity contribution in [3.05, 3.63) is 36.5 Å². The van der Waals surface area contributed by atoms with Gasteiger partial charge in [-0.15, -0.1) is 0 Å². The van der Waals surface area contributed by atoms with Gasteiger partial charge in [0.1, 0.15) is 0 Å². The van der Waals surface area contributed by atoms with Gasteiger partial charge in [-0.2, -0.15) is 0 Å². The maximum atomic E-state index is 2.28. The van der Waals surface area contributed by atoms with Crippen LogP contribution in [-0.2, 0) is 0 Å². The zero-order valence-electron chi connectivity index (χ0n) is 9.00. The minimum absolute atomic E-state index is 1.08. The Balaban J connectivity index is 3.19. The Morgan fingerprint density at radius 2 is 1.38 bits per heavy atom. The monoisotopic (exact) mass is 178 g/mol. The van der Waals surface area contributed by atoms with E-state index in [2.05, 4.69) is 50.3 Å². The van der Waals surface area contributed by atoms with E-state index in [4.69, 9.17) is 0 Å². The molecule has 0 N–H and O–H groups in total. The Labute approximate surface area is 83.0 Å². The lowest BCUT2D eigenvalue weighted by molar-refractivity contribution is 0.943. The van der Waals surface area contributed by atoms with Gasteiger partial charge in [-0.05, 0) is 32.6 Å². The van der Waals surface area contributed by atoms with Crippen LogP contribution in [0.2, 0.25) is 0 Å². The van der Waals surface area contributed by atoms with Crippen molar-refractivity contribution in [2.75, 3.05) is 0 Å². The zero-order chi connectivity index (χ0) is 9.78. The van der Waals surface area contributed by atoms with Gasteiger partial charge in [0.05, 0.1) is 0 Å². The zero-order valence-corrected chi connectivity index (χ0v) is 9.00. The first kappa shape index (κ1) is 12.2. The summed E-state index contributed by atoms with van der Waals surface area (Å²) < 4.78 is 0. The normalized spacial score (nSPS) is 12.5. The van der Waals surface area contributed by atoms with Crippen molar-refractivity contribution in [2.24, 2.45) is 0 Å². The Bertz CT molecular complexity index is 161. The molecule has 0 aromatic carbocycles. The van der Waals surface area contributed by atoms with Crippen LogP contribution in [0.1, 0.15) is 46.0 Å². The standard InChI is InChI=1S/C13H22/c1-3-5-7-9-11-13-12-10-8-6-4-2/h3,5,8-11H,4,6-7,12-13H2,1-2H3. The molecular weight excluding hydrogens is 156 g/mol. The molecule has 0 unspecified atom stereocenters. The number of unbranched alkanes of at least 4 members (excludes halogenated alkanes) is 2. The lowest BCUT2D eigenvalue weighted by atomic mass is 10.2. The molecule has 0 heteroatoms. The maximum Gasteiger partial charge on any atom is -0.0169 e. The third kappa shape index (κ3) is 11.2. The fraction of sp³-hybridized carbons (Fsp3) is 0.538. The van der Waals surface area contributed by atoms with Crippen LogP contribution in [0.25, 0.3) is 0 Å². The third-order valence-corrected chi connectivity index (χ3v) is 1.80. The van der Waals surface area contributed by atoms with E-state index in [9.17, 15) is 0 Å². The first-order valence-corrected chi connectivity index (χ1v) is 5.33. The van der Waals surface area contributed by atoms with Crippen molar-refractivity contribution in [1.82, 2.24) is 0 Å². The molecule has 0 aromatic heterocycles. The van der Waals surface area contributed by atoms with Crippen molar-refractivity contribution in [1.29, 1.82) is 0 Å². The summed E-state index contributed by atoms with van der Waals surface area (Å²) in [6.07, 6.45) is 19.2. The molecular formula is C13H22. The molecule has 0 nitrogen and oxygen atoms in total. The Hall–Kier alpha value is -0.780. The smallest absolute Gasteiger partial charge is 0.0169 e. The fourth-order valence-corrected chi connectivity index (χ4v) is 1.02. The summed E-state index contributed by atoms with van der Waals surface area (Å²) in [5.74, 6) is 0. The summed E-state index contributed by atoms with van der Waals surface area (Å²) in [5.41, 5.74) is 0. The molecule has 0 rings (SSSR count). The van der Waals surface area contributed by atoms with E-state index in [1.807, 2.05) is 0 Å². The van der Waals surface area contributed by atoms with E-state index in [0.29, 0.717) is 0 Å². The summed E-state index contributed by atoms with van der Waals surface area (Å²) in [6.45, 7) is 4.27.